The quantitative estimate of drug-likeness (QED) is 0.218. The van der Waals surface area contributed by atoms with E-state index in [1.54, 1.807) is 0 Å². The van der Waals surface area contributed by atoms with Crippen molar-refractivity contribution in [2.45, 2.75) is 112 Å². The molecule has 0 aliphatic carbocycles. The van der Waals surface area contributed by atoms with Gasteiger partial charge in [-0.2, -0.15) is 0 Å². The van der Waals surface area contributed by atoms with Crippen LogP contribution < -0.4 is 0 Å². The molecule has 146 valence electrons. The molecule has 2 heteroatoms. The topological polar surface area (TPSA) is 18.5 Å². The van der Waals surface area contributed by atoms with Crippen molar-refractivity contribution in [2.75, 3.05) is 13.2 Å². The van der Waals surface area contributed by atoms with Crippen LogP contribution in [0.25, 0.3) is 0 Å². The molecule has 0 spiro atoms. The second-order valence-corrected chi connectivity index (χ2v) is 8.24. The van der Waals surface area contributed by atoms with Crippen molar-refractivity contribution >= 4 is 0 Å². The van der Waals surface area contributed by atoms with Crippen molar-refractivity contribution in [3.63, 3.8) is 0 Å². The largest absolute Gasteiger partial charge is 0.349 e. The summed E-state index contributed by atoms with van der Waals surface area (Å²) in [5.41, 5.74) is 0. The molecular weight excluding hydrogens is 296 g/mol. The van der Waals surface area contributed by atoms with Gasteiger partial charge in [-0.3, -0.25) is 0 Å². The van der Waals surface area contributed by atoms with Crippen LogP contribution in [0.3, 0.4) is 0 Å². The van der Waals surface area contributed by atoms with Crippen LogP contribution >= 0.6 is 0 Å². The average molecular weight is 343 g/mol. The Morgan fingerprint density at radius 3 is 1.62 bits per heavy atom. The minimum Gasteiger partial charge on any atom is -0.349 e. The fraction of sp³-hybridized carbons (Fsp3) is 1.00. The second kappa shape index (κ2) is 14.1. The van der Waals surface area contributed by atoms with Crippen LogP contribution in [0.1, 0.15) is 106 Å². The van der Waals surface area contributed by atoms with Gasteiger partial charge in [-0.25, -0.2) is 0 Å². The molecule has 0 aromatic rings. The van der Waals surface area contributed by atoms with Gasteiger partial charge in [0.1, 0.15) is 0 Å². The highest BCUT2D eigenvalue weighted by atomic mass is 16.7. The molecule has 0 saturated heterocycles. The van der Waals surface area contributed by atoms with Crippen molar-refractivity contribution in [2.24, 2.45) is 17.8 Å². The summed E-state index contributed by atoms with van der Waals surface area (Å²) in [6.45, 7) is 17.3. The van der Waals surface area contributed by atoms with E-state index in [2.05, 4.69) is 48.5 Å². The smallest absolute Gasteiger partial charge is 0.170 e. The minimum atomic E-state index is -0.382. The first-order valence-corrected chi connectivity index (χ1v) is 10.7. The van der Waals surface area contributed by atoms with Crippen molar-refractivity contribution in [3.8, 4) is 0 Å². The second-order valence-electron chi connectivity index (χ2n) is 8.24. The molecule has 0 heterocycles. The van der Waals surface area contributed by atoms with Gasteiger partial charge < -0.3 is 9.47 Å². The maximum absolute atomic E-state index is 6.42. The van der Waals surface area contributed by atoms with E-state index in [4.69, 9.17) is 9.47 Å². The minimum absolute atomic E-state index is 0.382. The molecule has 0 aromatic carbocycles. The molecule has 0 fully saturated rings. The van der Waals surface area contributed by atoms with E-state index in [1.165, 1.54) is 44.9 Å². The number of rotatable bonds is 16. The van der Waals surface area contributed by atoms with Gasteiger partial charge in [0.05, 0.1) is 13.2 Å². The van der Waals surface area contributed by atoms with Crippen molar-refractivity contribution < 1.29 is 9.47 Å². The monoisotopic (exact) mass is 342 g/mol. The first kappa shape index (κ1) is 23.9. The molecule has 0 aliphatic rings. The third-order valence-corrected chi connectivity index (χ3v) is 4.84. The SMILES string of the molecule is CCCCCCCCC(CC)C(CC)(OCC(C)C)OCC(C)C. The van der Waals surface area contributed by atoms with Crippen LogP contribution in [0.5, 0.6) is 0 Å². The number of unbranched alkanes of at least 4 members (excludes halogenated alkanes) is 5. The van der Waals surface area contributed by atoms with Gasteiger partial charge in [0, 0.05) is 5.92 Å². The normalized spacial score (nSPS) is 13.9. The molecule has 24 heavy (non-hydrogen) atoms. The van der Waals surface area contributed by atoms with Crippen LogP contribution in [0.15, 0.2) is 0 Å². The van der Waals surface area contributed by atoms with Gasteiger partial charge in [0.25, 0.3) is 0 Å². The fourth-order valence-electron chi connectivity index (χ4n) is 3.29. The predicted molar refractivity (Wildman–Crippen MR) is 106 cm³/mol. The highest BCUT2D eigenvalue weighted by Crippen LogP contribution is 2.35. The summed E-state index contributed by atoms with van der Waals surface area (Å²) >= 11 is 0. The van der Waals surface area contributed by atoms with E-state index in [0.29, 0.717) is 17.8 Å². The highest BCUT2D eigenvalue weighted by molar-refractivity contribution is 4.79. The summed E-state index contributed by atoms with van der Waals surface area (Å²) in [5, 5.41) is 0. The van der Waals surface area contributed by atoms with Gasteiger partial charge in [0.2, 0.25) is 0 Å². The Morgan fingerprint density at radius 2 is 1.21 bits per heavy atom. The number of hydrogen-bond acceptors (Lipinski definition) is 2. The van der Waals surface area contributed by atoms with Gasteiger partial charge in [-0.1, -0.05) is 87.0 Å². The van der Waals surface area contributed by atoms with Crippen LogP contribution in [0.4, 0.5) is 0 Å². The molecule has 0 radical (unpaired) electrons. The molecule has 0 amide bonds. The van der Waals surface area contributed by atoms with E-state index in [1.807, 2.05) is 0 Å². The van der Waals surface area contributed by atoms with E-state index in [9.17, 15) is 0 Å². The van der Waals surface area contributed by atoms with E-state index in [-0.39, 0.29) is 5.79 Å². The first-order chi connectivity index (χ1) is 11.4. The van der Waals surface area contributed by atoms with E-state index >= 15 is 0 Å². The third-order valence-electron chi connectivity index (χ3n) is 4.84. The van der Waals surface area contributed by atoms with Gasteiger partial charge in [-0.05, 0) is 31.1 Å². The highest BCUT2D eigenvalue weighted by Gasteiger charge is 2.38. The van der Waals surface area contributed by atoms with Crippen LogP contribution in [0, 0.1) is 17.8 Å². The Morgan fingerprint density at radius 1 is 0.708 bits per heavy atom. The van der Waals surface area contributed by atoms with Crippen LogP contribution in [-0.2, 0) is 9.47 Å². The average Bonchev–Trinajstić information content (AvgIpc) is 2.55. The first-order valence-electron chi connectivity index (χ1n) is 10.7. The zero-order valence-electron chi connectivity index (χ0n) is 17.8. The Hall–Kier alpha value is -0.0800. The van der Waals surface area contributed by atoms with E-state index < -0.39 is 0 Å². The third kappa shape index (κ3) is 10.0. The summed E-state index contributed by atoms with van der Waals surface area (Å²) in [4.78, 5) is 0. The molecule has 0 aliphatic heterocycles. The maximum atomic E-state index is 6.42. The van der Waals surface area contributed by atoms with Crippen LogP contribution in [-0.4, -0.2) is 19.0 Å². The molecule has 0 N–H and O–H groups in total. The summed E-state index contributed by atoms with van der Waals surface area (Å²) < 4.78 is 12.8. The van der Waals surface area contributed by atoms with E-state index in [0.717, 1.165) is 26.1 Å². The fourth-order valence-corrected chi connectivity index (χ4v) is 3.29. The van der Waals surface area contributed by atoms with Crippen molar-refractivity contribution in [1.29, 1.82) is 0 Å². The standard InChI is InChI=1S/C22H46O2/c1-8-11-12-13-14-15-16-21(9-2)22(10-3,23-17-19(4)5)24-18-20(6)7/h19-21H,8-18H2,1-7H3. The molecule has 0 saturated carbocycles. The summed E-state index contributed by atoms with van der Waals surface area (Å²) in [6, 6.07) is 0. The summed E-state index contributed by atoms with van der Waals surface area (Å²) in [5.74, 6) is 1.22. The van der Waals surface area contributed by atoms with Gasteiger partial charge >= 0.3 is 0 Å². The molecule has 2 nitrogen and oxygen atoms in total. The number of ether oxygens (including phenoxy) is 2. The van der Waals surface area contributed by atoms with Gasteiger partial charge in [0.15, 0.2) is 5.79 Å². The Bertz CT molecular complexity index is 261. The lowest BCUT2D eigenvalue weighted by Gasteiger charge is -2.41. The lowest BCUT2D eigenvalue weighted by Crippen LogP contribution is -2.44. The molecule has 1 unspecified atom stereocenters. The lowest BCUT2D eigenvalue weighted by molar-refractivity contribution is -0.278. The predicted octanol–water partition coefficient (Wildman–Crippen LogP) is 7.21. The number of hydrogen-bond donors (Lipinski definition) is 0. The Kier molecular flexibility index (Phi) is 14.1. The lowest BCUT2D eigenvalue weighted by atomic mass is 9.87. The summed E-state index contributed by atoms with van der Waals surface area (Å²) in [6.07, 6.45) is 11.4. The molecule has 0 bridgehead atoms. The van der Waals surface area contributed by atoms with Crippen molar-refractivity contribution in [3.05, 3.63) is 0 Å². The molecule has 0 aromatic heterocycles. The Balaban J connectivity index is 4.70. The van der Waals surface area contributed by atoms with Crippen LogP contribution in [0.2, 0.25) is 0 Å². The Labute approximate surface area is 153 Å². The molecule has 1 atom stereocenters. The zero-order valence-corrected chi connectivity index (χ0v) is 17.8. The molecular formula is C22H46O2. The zero-order chi connectivity index (χ0) is 18.4. The summed E-state index contributed by atoms with van der Waals surface area (Å²) in [7, 11) is 0. The van der Waals surface area contributed by atoms with Gasteiger partial charge in [-0.15, -0.1) is 0 Å². The van der Waals surface area contributed by atoms with Crippen molar-refractivity contribution in [1.82, 2.24) is 0 Å². The molecule has 0 rings (SSSR count). The maximum Gasteiger partial charge on any atom is 0.170 e.